The second-order valence-corrected chi connectivity index (χ2v) is 13.3. The van der Waals surface area contributed by atoms with Gasteiger partial charge in [-0.2, -0.15) is 0 Å². The van der Waals surface area contributed by atoms with E-state index >= 15 is 0 Å². The first kappa shape index (κ1) is 29.8. The molecule has 4 unspecified atom stereocenters. The largest absolute Gasteiger partial charge is 0.323 e. The topological polar surface area (TPSA) is 78.5 Å². The number of nitrogens with one attached hydrogen (secondary N) is 2. The van der Waals surface area contributed by atoms with Gasteiger partial charge in [-0.25, -0.2) is 4.79 Å². The van der Waals surface area contributed by atoms with Gasteiger partial charge in [0, 0.05) is 38.9 Å². The van der Waals surface area contributed by atoms with Gasteiger partial charge in [0.2, 0.25) is 0 Å². The van der Waals surface area contributed by atoms with Gasteiger partial charge in [0.25, 0.3) is 5.91 Å². The van der Waals surface area contributed by atoms with Gasteiger partial charge >= 0.3 is 6.03 Å². The Hall–Kier alpha value is -4.23. The Morgan fingerprint density at radius 3 is 2.25 bits per heavy atom. The van der Waals surface area contributed by atoms with E-state index in [1.165, 1.54) is 0 Å². The van der Waals surface area contributed by atoms with Crippen LogP contribution in [0.5, 0.6) is 0 Å². The number of ketones is 1. The van der Waals surface area contributed by atoms with Crippen LogP contribution in [0.3, 0.4) is 0 Å². The Morgan fingerprint density at radius 1 is 0.909 bits per heavy atom. The number of amides is 3. The van der Waals surface area contributed by atoms with Crippen molar-refractivity contribution in [2.24, 2.45) is 11.8 Å². The molecule has 6 rings (SSSR count). The number of fused-ring (bicyclic) bond motifs is 2. The smallest absolute Gasteiger partial charge is 0.323 e. The van der Waals surface area contributed by atoms with Gasteiger partial charge in [0.1, 0.15) is 0 Å². The van der Waals surface area contributed by atoms with Crippen molar-refractivity contribution in [1.29, 1.82) is 0 Å². The maximum absolute atomic E-state index is 14.9. The first-order chi connectivity index (χ1) is 21.1. The molecule has 2 N–H and O–H groups in total. The number of anilines is 2. The Balaban J connectivity index is 1.65. The molecule has 0 bridgehead atoms. The average molecular weight is 651 g/mol. The minimum absolute atomic E-state index is 0.169. The second-order valence-electron chi connectivity index (χ2n) is 12.4. The summed E-state index contributed by atoms with van der Waals surface area (Å²) in [5, 5.41) is 6.20. The molecule has 2 aliphatic heterocycles. The lowest BCUT2D eigenvalue weighted by atomic mass is 9.69. The van der Waals surface area contributed by atoms with Crippen molar-refractivity contribution >= 4 is 45.0 Å². The average Bonchev–Trinajstić information content (AvgIpc) is 3.46. The zero-order valence-corrected chi connectivity index (χ0v) is 26.9. The Kier molecular flexibility index (Phi) is 7.93. The minimum Gasteiger partial charge on any atom is -0.323 e. The highest BCUT2D eigenvalue weighted by molar-refractivity contribution is 9.10. The van der Waals surface area contributed by atoms with Gasteiger partial charge in [-0.1, -0.05) is 96.5 Å². The van der Waals surface area contributed by atoms with E-state index < -0.39 is 29.4 Å². The SMILES string of the molecule is Cc1ccc(NC(=O)N2C(CC(C)C)C(c3ccccc3)C(C(=O)c3ccccc3)C23C(=O)Nc2ccc(Br)cc23)cc1C. The lowest BCUT2D eigenvalue weighted by Crippen LogP contribution is -2.57. The van der Waals surface area contributed by atoms with E-state index in [4.69, 9.17) is 0 Å². The molecule has 2 heterocycles. The zero-order chi connectivity index (χ0) is 31.2. The highest BCUT2D eigenvalue weighted by atomic mass is 79.9. The van der Waals surface area contributed by atoms with Crippen LogP contribution in [-0.2, 0) is 10.3 Å². The van der Waals surface area contributed by atoms with Gasteiger partial charge in [-0.15, -0.1) is 0 Å². The number of benzene rings is 4. The van der Waals surface area contributed by atoms with Crippen molar-refractivity contribution in [3.8, 4) is 0 Å². The molecule has 2 aliphatic rings. The first-order valence-corrected chi connectivity index (χ1v) is 15.9. The van der Waals surface area contributed by atoms with Crippen molar-refractivity contribution in [3.63, 3.8) is 0 Å². The first-order valence-electron chi connectivity index (χ1n) is 15.1. The number of hydrogen-bond acceptors (Lipinski definition) is 3. The van der Waals surface area contributed by atoms with Crippen LogP contribution in [0.4, 0.5) is 16.2 Å². The zero-order valence-electron chi connectivity index (χ0n) is 25.3. The van der Waals surface area contributed by atoms with Crippen LogP contribution < -0.4 is 10.6 Å². The van der Waals surface area contributed by atoms with Crippen LogP contribution >= 0.6 is 15.9 Å². The third-order valence-corrected chi connectivity index (χ3v) is 9.63. The van der Waals surface area contributed by atoms with Gasteiger partial charge < -0.3 is 15.5 Å². The van der Waals surface area contributed by atoms with E-state index in [9.17, 15) is 14.4 Å². The minimum atomic E-state index is -1.60. The summed E-state index contributed by atoms with van der Waals surface area (Å²) in [7, 11) is 0. The number of urea groups is 1. The van der Waals surface area contributed by atoms with E-state index in [-0.39, 0.29) is 17.6 Å². The molecule has 4 aromatic rings. The van der Waals surface area contributed by atoms with E-state index in [0.717, 1.165) is 21.2 Å². The molecule has 1 spiro atoms. The molecule has 224 valence electrons. The number of Topliss-reactive ketones (excluding diaryl/α,β-unsaturated/α-hetero) is 1. The summed E-state index contributed by atoms with van der Waals surface area (Å²) in [6.07, 6.45) is 0.594. The molecule has 4 aromatic carbocycles. The molecular weight excluding hydrogens is 614 g/mol. The monoisotopic (exact) mass is 649 g/mol. The highest BCUT2D eigenvalue weighted by Crippen LogP contribution is 2.60. The maximum atomic E-state index is 14.9. The van der Waals surface area contributed by atoms with Crippen molar-refractivity contribution in [2.45, 2.75) is 51.6 Å². The number of halogens is 1. The quantitative estimate of drug-likeness (QED) is 0.206. The maximum Gasteiger partial charge on any atom is 0.323 e. The Bertz CT molecular complexity index is 1740. The summed E-state index contributed by atoms with van der Waals surface area (Å²) >= 11 is 3.62. The molecule has 4 atom stereocenters. The normalized spacial score (nSPS) is 22.3. The molecular formula is C37H36BrN3O3. The van der Waals surface area contributed by atoms with E-state index in [2.05, 4.69) is 40.4 Å². The second kappa shape index (κ2) is 11.7. The van der Waals surface area contributed by atoms with Crippen LogP contribution in [0, 0.1) is 25.7 Å². The Labute approximate surface area is 267 Å². The molecule has 3 amide bonds. The summed E-state index contributed by atoms with van der Waals surface area (Å²) in [6, 6.07) is 29.5. The van der Waals surface area contributed by atoms with E-state index in [1.54, 1.807) is 17.0 Å². The van der Waals surface area contributed by atoms with Crippen LogP contribution in [-0.4, -0.2) is 28.7 Å². The number of aryl methyl sites for hydroxylation is 2. The predicted molar refractivity (Wildman–Crippen MR) is 178 cm³/mol. The van der Waals surface area contributed by atoms with Crippen molar-refractivity contribution in [3.05, 3.63) is 129 Å². The van der Waals surface area contributed by atoms with Gasteiger partial charge in [-0.05, 0) is 73.2 Å². The van der Waals surface area contributed by atoms with Crippen LogP contribution in [0.2, 0.25) is 0 Å². The van der Waals surface area contributed by atoms with Crippen LogP contribution in [0.25, 0.3) is 0 Å². The number of rotatable bonds is 6. The van der Waals surface area contributed by atoms with Crippen molar-refractivity contribution in [1.82, 2.24) is 4.90 Å². The third-order valence-electron chi connectivity index (χ3n) is 9.14. The predicted octanol–water partition coefficient (Wildman–Crippen LogP) is 8.46. The Morgan fingerprint density at radius 2 is 1.59 bits per heavy atom. The summed E-state index contributed by atoms with van der Waals surface area (Å²) in [6.45, 7) is 8.25. The molecule has 6 nitrogen and oxygen atoms in total. The van der Waals surface area contributed by atoms with Crippen LogP contribution in [0.15, 0.2) is 102 Å². The number of carbonyl (C=O) groups excluding carboxylic acids is 3. The van der Waals surface area contributed by atoms with Gasteiger partial charge in [0.05, 0.1) is 5.92 Å². The molecule has 1 fully saturated rings. The van der Waals surface area contributed by atoms with Crippen molar-refractivity contribution < 1.29 is 14.4 Å². The van der Waals surface area contributed by atoms with Crippen molar-refractivity contribution in [2.75, 3.05) is 10.6 Å². The fraction of sp³-hybridized carbons (Fsp3) is 0.270. The van der Waals surface area contributed by atoms with Crippen LogP contribution in [0.1, 0.15) is 58.8 Å². The number of hydrogen-bond donors (Lipinski definition) is 2. The molecule has 0 saturated carbocycles. The summed E-state index contributed by atoms with van der Waals surface area (Å²) in [4.78, 5) is 46.1. The summed E-state index contributed by atoms with van der Waals surface area (Å²) in [5.74, 6) is -1.71. The molecule has 7 heteroatoms. The molecule has 44 heavy (non-hydrogen) atoms. The fourth-order valence-electron chi connectivity index (χ4n) is 7.16. The van der Waals surface area contributed by atoms with E-state index in [1.807, 2.05) is 98.8 Å². The van der Waals surface area contributed by atoms with E-state index in [0.29, 0.717) is 28.9 Å². The highest BCUT2D eigenvalue weighted by Gasteiger charge is 2.70. The molecule has 0 radical (unpaired) electrons. The standard InChI is InChI=1S/C37H36BrN3O3/c1-22(2)19-31-32(25-11-7-5-8-12-25)33(34(42)26-13-9-6-10-14-26)37(29-21-27(38)16-18-30(29)40-35(37)43)41(31)36(44)39-28-17-15-23(3)24(4)20-28/h5-18,20-22,31-33H,19H2,1-4H3,(H,39,44)(H,40,43). The molecule has 0 aromatic heterocycles. The van der Waals surface area contributed by atoms with Gasteiger partial charge in [0.15, 0.2) is 11.3 Å². The molecule has 0 aliphatic carbocycles. The number of carbonyl (C=O) groups is 3. The third kappa shape index (κ3) is 4.93. The lowest BCUT2D eigenvalue weighted by molar-refractivity contribution is -0.126. The summed E-state index contributed by atoms with van der Waals surface area (Å²) < 4.78 is 0.760. The molecule has 1 saturated heterocycles. The van der Waals surface area contributed by atoms with Gasteiger partial charge in [-0.3, -0.25) is 9.59 Å². The summed E-state index contributed by atoms with van der Waals surface area (Å²) in [5.41, 5.74) is 3.85. The number of nitrogens with zero attached hydrogens (tertiary/aromatic N) is 1. The number of likely N-dealkylation sites (tertiary alicyclic amines) is 1. The lowest BCUT2D eigenvalue weighted by Gasteiger charge is -2.39. The fourth-order valence-corrected chi connectivity index (χ4v) is 7.52.